The van der Waals surface area contributed by atoms with Crippen LogP contribution in [0, 0.1) is 0 Å². The first-order chi connectivity index (χ1) is 10.9. The molecule has 1 aromatic carbocycles. The van der Waals surface area contributed by atoms with Gasteiger partial charge in [-0.25, -0.2) is 9.67 Å². The van der Waals surface area contributed by atoms with E-state index < -0.39 is 0 Å². The molecule has 6 nitrogen and oxygen atoms in total. The summed E-state index contributed by atoms with van der Waals surface area (Å²) in [7, 11) is 3.82. The summed E-state index contributed by atoms with van der Waals surface area (Å²) >= 11 is 0. The highest BCUT2D eigenvalue weighted by atomic mass is 16.2. The number of carbonyl (C=O) groups excluding carboxylic acids is 1. The number of nitrogens with zero attached hydrogens (tertiary/aromatic N) is 5. The van der Waals surface area contributed by atoms with Crippen molar-refractivity contribution < 1.29 is 4.79 Å². The van der Waals surface area contributed by atoms with E-state index in [4.69, 9.17) is 0 Å². The van der Waals surface area contributed by atoms with Gasteiger partial charge in [0, 0.05) is 19.1 Å². The molecule has 2 rings (SSSR count). The second-order valence-electron chi connectivity index (χ2n) is 6.12. The minimum absolute atomic E-state index is 0.133. The Morgan fingerprint density at radius 3 is 2.35 bits per heavy atom. The molecule has 0 fully saturated rings. The lowest BCUT2D eigenvalue weighted by Crippen LogP contribution is -2.40. The molecule has 0 aliphatic heterocycles. The normalized spacial score (nSPS) is 12.7. The highest BCUT2D eigenvalue weighted by Crippen LogP contribution is 2.20. The molecule has 23 heavy (non-hydrogen) atoms. The summed E-state index contributed by atoms with van der Waals surface area (Å²) in [5.74, 6) is 0.133. The predicted octanol–water partition coefficient (Wildman–Crippen LogP) is 2.13. The van der Waals surface area contributed by atoms with Gasteiger partial charge in [-0.05, 0) is 45.5 Å². The van der Waals surface area contributed by atoms with Crippen LogP contribution in [-0.4, -0.2) is 57.2 Å². The number of carbonyl (C=O) groups is 1. The van der Waals surface area contributed by atoms with Crippen LogP contribution in [0.2, 0.25) is 0 Å². The van der Waals surface area contributed by atoms with Crippen LogP contribution in [0.15, 0.2) is 36.9 Å². The molecular formula is C17H25N5O. The Morgan fingerprint density at radius 1 is 1.17 bits per heavy atom. The van der Waals surface area contributed by atoms with Crippen molar-refractivity contribution in [3.63, 3.8) is 0 Å². The Bertz CT molecular complexity index is 621. The van der Waals surface area contributed by atoms with Gasteiger partial charge >= 0.3 is 0 Å². The van der Waals surface area contributed by atoms with Gasteiger partial charge in [-0.2, -0.15) is 5.10 Å². The third-order valence-electron chi connectivity index (χ3n) is 4.27. The maximum absolute atomic E-state index is 12.2. The van der Waals surface area contributed by atoms with Gasteiger partial charge in [0.1, 0.15) is 12.7 Å². The summed E-state index contributed by atoms with van der Waals surface area (Å²) in [6.45, 7) is 6.54. The van der Waals surface area contributed by atoms with E-state index in [0.717, 1.165) is 11.3 Å². The number of hydrogen-bond acceptors (Lipinski definition) is 4. The third kappa shape index (κ3) is 4.16. The lowest BCUT2D eigenvalue weighted by atomic mass is 10.1. The fraction of sp³-hybridized carbons (Fsp3) is 0.471. The van der Waals surface area contributed by atoms with Crippen molar-refractivity contribution in [1.29, 1.82) is 0 Å². The average Bonchev–Trinajstić information content (AvgIpc) is 3.07. The minimum Gasteiger partial charge on any atom is -0.342 e. The maximum atomic E-state index is 12.2. The van der Waals surface area contributed by atoms with Crippen molar-refractivity contribution in [1.82, 2.24) is 24.6 Å². The molecule has 1 amide bonds. The Hall–Kier alpha value is -2.21. The number of benzene rings is 1. The fourth-order valence-electron chi connectivity index (χ4n) is 2.25. The first-order valence-corrected chi connectivity index (χ1v) is 7.81. The summed E-state index contributed by atoms with van der Waals surface area (Å²) in [5.41, 5.74) is 2.13. The van der Waals surface area contributed by atoms with Crippen LogP contribution in [0.4, 0.5) is 0 Å². The summed E-state index contributed by atoms with van der Waals surface area (Å²) in [4.78, 5) is 20.0. The van der Waals surface area contributed by atoms with Crippen LogP contribution in [0.3, 0.4) is 0 Å². The molecule has 1 heterocycles. The quantitative estimate of drug-likeness (QED) is 0.819. The number of rotatable bonds is 6. The predicted molar refractivity (Wildman–Crippen MR) is 90.3 cm³/mol. The van der Waals surface area contributed by atoms with Crippen LogP contribution in [0.25, 0.3) is 5.69 Å². The van der Waals surface area contributed by atoms with Crippen molar-refractivity contribution >= 4 is 5.91 Å². The second kappa shape index (κ2) is 7.37. The lowest BCUT2D eigenvalue weighted by molar-refractivity contribution is -0.132. The van der Waals surface area contributed by atoms with Crippen molar-refractivity contribution in [3.05, 3.63) is 42.5 Å². The molecule has 124 valence electrons. The topological polar surface area (TPSA) is 54.3 Å². The van der Waals surface area contributed by atoms with E-state index in [2.05, 4.69) is 34.0 Å². The number of amides is 1. The first-order valence-electron chi connectivity index (χ1n) is 7.81. The van der Waals surface area contributed by atoms with Crippen LogP contribution in [0.5, 0.6) is 0 Å². The van der Waals surface area contributed by atoms with Gasteiger partial charge in [-0.15, -0.1) is 0 Å². The van der Waals surface area contributed by atoms with Crippen molar-refractivity contribution in [2.45, 2.75) is 32.9 Å². The van der Waals surface area contributed by atoms with Crippen LogP contribution in [0.1, 0.15) is 32.4 Å². The van der Waals surface area contributed by atoms with Crippen molar-refractivity contribution in [2.24, 2.45) is 0 Å². The third-order valence-corrected chi connectivity index (χ3v) is 4.27. The molecule has 0 N–H and O–H groups in total. The highest BCUT2D eigenvalue weighted by Gasteiger charge is 2.18. The highest BCUT2D eigenvalue weighted by molar-refractivity contribution is 5.78. The Morgan fingerprint density at radius 2 is 1.83 bits per heavy atom. The largest absolute Gasteiger partial charge is 0.342 e. The van der Waals surface area contributed by atoms with E-state index in [1.165, 1.54) is 6.33 Å². The average molecular weight is 315 g/mol. The zero-order valence-electron chi connectivity index (χ0n) is 14.5. The van der Waals surface area contributed by atoms with Gasteiger partial charge in [0.15, 0.2) is 0 Å². The molecule has 0 aliphatic rings. The van der Waals surface area contributed by atoms with E-state index in [1.54, 1.807) is 15.9 Å². The van der Waals surface area contributed by atoms with Crippen LogP contribution in [-0.2, 0) is 4.79 Å². The number of hydrogen-bond donors (Lipinski definition) is 0. The smallest absolute Gasteiger partial charge is 0.236 e. The Balaban J connectivity index is 2.02. The Kier molecular flexibility index (Phi) is 5.50. The lowest BCUT2D eigenvalue weighted by Gasteiger charge is -2.28. The zero-order valence-corrected chi connectivity index (χ0v) is 14.5. The molecule has 1 unspecified atom stereocenters. The molecule has 1 aromatic heterocycles. The SMILES string of the molecule is CC(c1ccc(-n2cncn2)cc1)N(C)CC(=O)N(C)C(C)C. The van der Waals surface area contributed by atoms with Gasteiger partial charge in [0.25, 0.3) is 0 Å². The maximum Gasteiger partial charge on any atom is 0.236 e. The summed E-state index contributed by atoms with van der Waals surface area (Å²) < 4.78 is 1.72. The molecule has 1 atom stereocenters. The standard InChI is InChI=1S/C17H25N5O/c1-13(2)21(5)17(23)10-20(4)14(3)15-6-8-16(9-7-15)22-12-18-11-19-22/h6-9,11-14H,10H2,1-5H3. The van der Waals surface area contributed by atoms with Crippen molar-refractivity contribution in [3.8, 4) is 5.69 Å². The number of aromatic nitrogens is 3. The number of likely N-dealkylation sites (N-methyl/N-ethyl adjacent to an activating group) is 2. The van der Waals surface area contributed by atoms with Crippen LogP contribution < -0.4 is 0 Å². The molecule has 0 saturated carbocycles. The minimum atomic E-state index is 0.133. The van der Waals surface area contributed by atoms with Gasteiger partial charge in [0.05, 0.1) is 12.2 Å². The zero-order chi connectivity index (χ0) is 17.0. The molecule has 0 spiro atoms. The molecule has 0 aliphatic carbocycles. The molecule has 2 aromatic rings. The monoisotopic (exact) mass is 315 g/mol. The van der Waals surface area contributed by atoms with Gasteiger partial charge in [-0.1, -0.05) is 12.1 Å². The van der Waals surface area contributed by atoms with Gasteiger partial charge in [0.2, 0.25) is 5.91 Å². The van der Waals surface area contributed by atoms with E-state index >= 15 is 0 Å². The van der Waals surface area contributed by atoms with Crippen LogP contribution >= 0.6 is 0 Å². The first kappa shape index (κ1) is 17.1. The molecular weight excluding hydrogens is 290 g/mol. The molecule has 0 saturated heterocycles. The Labute approximate surface area is 137 Å². The molecule has 0 bridgehead atoms. The van der Waals surface area contributed by atoms with E-state index in [1.807, 2.05) is 40.1 Å². The molecule has 0 radical (unpaired) electrons. The van der Waals surface area contributed by atoms with E-state index in [0.29, 0.717) is 6.54 Å². The fourth-order valence-corrected chi connectivity index (χ4v) is 2.25. The molecule has 6 heteroatoms. The summed E-state index contributed by atoms with van der Waals surface area (Å²) in [5, 5.41) is 4.12. The van der Waals surface area contributed by atoms with Gasteiger partial charge in [-0.3, -0.25) is 9.69 Å². The van der Waals surface area contributed by atoms with E-state index in [9.17, 15) is 4.79 Å². The van der Waals surface area contributed by atoms with Gasteiger partial charge < -0.3 is 4.90 Å². The van der Waals surface area contributed by atoms with E-state index in [-0.39, 0.29) is 18.0 Å². The van der Waals surface area contributed by atoms with Crippen molar-refractivity contribution in [2.75, 3.05) is 20.6 Å². The summed E-state index contributed by atoms with van der Waals surface area (Å²) in [6, 6.07) is 8.52. The summed E-state index contributed by atoms with van der Waals surface area (Å²) in [6.07, 6.45) is 3.19. The second-order valence-corrected chi connectivity index (χ2v) is 6.12.